The number of aryl methyl sites for hydroxylation is 1. The first-order valence-corrected chi connectivity index (χ1v) is 3.95. The third-order valence-electron chi connectivity index (χ3n) is 1.21. The number of aromatic nitrogens is 1. The number of nitrogens with zero attached hydrogens (tertiary/aromatic N) is 1. The SMILES string of the molecule is CC.CCc1cc[n-]c(=O)c1.[Re]. The van der Waals surface area contributed by atoms with Crippen molar-refractivity contribution in [3.05, 3.63) is 34.2 Å². The van der Waals surface area contributed by atoms with Gasteiger partial charge in [0.2, 0.25) is 0 Å². The van der Waals surface area contributed by atoms with Gasteiger partial charge in [0, 0.05) is 20.4 Å². The molecule has 0 saturated carbocycles. The van der Waals surface area contributed by atoms with Crippen molar-refractivity contribution in [2.24, 2.45) is 0 Å². The molecule has 0 aromatic carbocycles. The Morgan fingerprint density at radius 3 is 2.33 bits per heavy atom. The molecular weight excluding hydrogens is 324 g/mol. The van der Waals surface area contributed by atoms with E-state index in [4.69, 9.17) is 0 Å². The molecule has 0 saturated heterocycles. The van der Waals surface area contributed by atoms with E-state index in [2.05, 4.69) is 4.98 Å². The number of rotatable bonds is 1. The number of pyridine rings is 1. The van der Waals surface area contributed by atoms with Crippen molar-refractivity contribution in [3.63, 3.8) is 0 Å². The predicted molar refractivity (Wildman–Crippen MR) is 46.8 cm³/mol. The zero-order chi connectivity index (χ0) is 8.69. The molecule has 12 heavy (non-hydrogen) atoms. The van der Waals surface area contributed by atoms with Gasteiger partial charge in [0.25, 0.3) is 0 Å². The molecule has 1 rings (SSSR count). The molecule has 2 nitrogen and oxygen atoms in total. The van der Waals surface area contributed by atoms with Crippen LogP contribution < -0.4 is 10.5 Å². The van der Waals surface area contributed by atoms with Gasteiger partial charge in [-0.3, -0.25) is 0 Å². The minimum Gasteiger partial charge on any atom is -0.629 e. The van der Waals surface area contributed by atoms with Crippen LogP contribution in [0.5, 0.6) is 0 Å². The summed E-state index contributed by atoms with van der Waals surface area (Å²) in [4.78, 5) is 14.1. The van der Waals surface area contributed by atoms with E-state index in [9.17, 15) is 4.79 Å². The second kappa shape index (κ2) is 8.71. The molecule has 0 aliphatic heterocycles. The van der Waals surface area contributed by atoms with Crippen LogP contribution in [-0.2, 0) is 26.8 Å². The van der Waals surface area contributed by atoms with Crippen molar-refractivity contribution < 1.29 is 20.4 Å². The van der Waals surface area contributed by atoms with Crippen LogP contribution >= 0.6 is 0 Å². The Kier molecular flexibility index (Phi) is 10.3. The summed E-state index contributed by atoms with van der Waals surface area (Å²) < 4.78 is 0. The van der Waals surface area contributed by atoms with Gasteiger partial charge in [-0.1, -0.05) is 26.8 Å². The Morgan fingerprint density at radius 1 is 1.42 bits per heavy atom. The summed E-state index contributed by atoms with van der Waals surface area (Å²) in [6, 6.07) is 3.40. The maximum Gasteiger partial charge on any atom is 0.0778 e. The van der Waals surface area contributed by atoms with Gasteiger partial charge >= 0.3 is 0 Å². The monoisotopic (exact) mass is 339 g/mol. The molecule has 1 heterocycles. The van der Waals surface area contributed by atoms with Gasteiger partial charge in [0.15, 0.2) is 0 Å². The Bertz CT molecular complexity index is 244. The maximum atomic E-state index is 10.5. The molecule has 0 unspecified atom stereocenters. The Labute approximate surface area is 87.1 Å². The predicted octanol–water partition coefficient (Wildman–Crippen LogP) is 1.59. The fourth-order valence-electron chi connectivity index (χ4n) is 0.670. The van der Waals surface area contributed by atoms with Crippen molar-refractivity contribution >= 4 is 0 Å². The first kappa shape index (κ1) is 14.2. The molecule has 0 aliphatic rings. The standard InChI is InChI=1S/C7H9NO.C2H6.Re/c1-2-6-3-4-8-7(9)5-6;1-2;/h3-5H,2H2,1H3,(H,8,9);1-2H3;/p-1. The van der Waals surface area contributed by atoms with Gasteiger partial charge in [-0.05, 0) is 18.1 Å². The summed E-state index contributed by atoms with van der Waals surface area (Å²) in [5.41, 5.74) is 0.907. The number of hydrogen-bond acceptors (Lipinski definition) is 1. The minimum atomic E-state index is -0.144. The summed E-state index contributed by atoms with van der Waals surface area (Å²) in [6.45, 7) is 6.01. The summed E-state index contributed by atoms with van der Waals surface area (Å²) >= 11 is 0. The normalized spacial score (nSPS) is 7.58. The van der Waals surface area contributed by atoms with Crippen molar-refractivity contribution in [1.82, 2.24) is 4.98 Å². The molecule has 1 aromatic rings. The molecule has 0 N–H and O–H groups in total. The Morgan fingerprint density at radius 2 is 2.00 bits per heavy atom. The van der Waals surface area contributed by atoms with E-state index in [1.165, 1.54) is 0 Å². The van der Waals surface area contributed by atoms with Crippen LogP contribution in [-0.4, -0.2) is 0 Å². The molecule has 0 amide bonds. The van der Waals surface area contributed by atoms with Gasteiger partial charge in [0.1, 0.15) is 0 Å². The topological polar surface area (TPSA) is 31.2 Å². The Hall–Kier alpha value is -0.388. The van der Waals surface area contributed by atoms with E-state index >= 15 is 0 Å². The second-order valence-corrected chi connectivity index (χ2v) is 1.86. The average Bonchev–Trinajstić information content (AvgIpc) is 2.08. The van der Waals surface area contributed by atoms with Crippen LogP contribution in [0.25, 0.3) is 0 Å². The van der Waals surface area contributed by atoms with Crippen LogP contribution in [0.1, 0.15) is 26.3 Å². The molecule has 0 bridgehead atoms. The van der Waals surface area contributed by atoms with Gasteiger partial charge in [-0.25, -0.2) is 0 Å². The molecule has 0 spiro atoms. The van der Waals surface area contributed by atoms with Crippen molar-refractivity contribution in [2.75, 3.05) is 0 Å². The van der Waals surface area contributed by atoms with Crippen LogP contribution in [0.4, 0.5) is 0 Å². The third-order valence-corrected chi connectivity index (χ3v) is 1.21. The van der Waals surface area contributed by atoms with E-state index in [0.717, 1.165) is 12.0 Å². The van der Waals surface area contributed by atoms with Crippen molar-refractivity contribution in [2.45, 2.75) is 27.2 Å². The molecule has 69 valence electrons. The van der Waals surface area contributed by atoms with E-state index in [-0.39, 0.29) is 26.0 Å². The zero-order valence-electron chi connectivity index (χ0n) is 7.67. The molecule has 0 fully saturated rings. The fourth-order valence-corrected chi connectivity index (χ4v) is 0.670. The summed E-state index contributed by atoms with van der Waals surface area (Å²) in [5.74, 6) is 0. The van der Waals surface area contributed by atoms with Crippen molar-refractivity contribution in [1.29, 1.82) is 0 Å². The number of hydrogen-bond donors (Lipinski definition) is 0. The minimum absolute atomic E-state index is 0. The van der Waals surface area contributed by atoms with Crippen LogP contribution in [0.2, 0.25) is 0 Å². The summed E-state index contributed by atoms with van der Waals surface area (Å²) in [5, 5.41) is 0. The first-order valence-electron chi connectivity index (χ1n) is 3.95. The largest absolute Gasteiger partial charge is 0.629 e. The van der Waals surface area contributed by atoms with Crippen LogP contribution in [0.3, 0.4) is 0 Å². The molecule has 0 atom stereocenters. The van der Waals surface area contributed by atoms with Gasteiger partial charge in [-0.15, -0.1) is 0 Å². The van der Waals surface area contributed by atoms with Crippen molar-refractivity contribution in [3.8, 4) is 0 Å². The van der Waals surface area contributed by atoms with E-state index in [0.29, 0.717) is 0 Å². The molecule has 1 aromatic heterocycles. The van der Waals surface area contributed by atoms with E-state index < -0.39 is 0 Å². The third kappa shape index (κ3) is 5.29. The molecular formula is C9H14NORe-. The first-order chi connectivity index (χ1) is 5.33. The van der Waals surface area contributed by atoms with E-state index in [1.807, 2.05) is 26.8 Å². The quantitative estimate of drug-likeness (QED) is 0.779. The molecule has 1 radical (unpaired) electrons. The summed E-state index contributed by atoms with van der Waals surface area (Å²) in [6.07, 6.45) is 2.44. The van der Waals surface area contributed by atoms with Gasteiger partial charge < -0.3 is 9.78 Å². The van der Waals surface area contributed by atoms with Crippen LogP contribution in [0.15, 0.2) is 23.1 Å². The fraction of sp³-hybridized carbons (Fsp3) is 0.444. The Balaban J connectivity index is 0. The second-order valence-electron chi connectivity index (χ2n) is 1.86. The van der Waals surface area contributed by atoms with E-state index in [1.54, 1.807) is 12.3 Å². The zero-order valence-corrected chi connectivity index (χ0v) is 10.4. The van der Waals surface area contributed by atoms with Gasteiger partial charge in [0.05, 0.1) is 5.56 Å². The van der Waals surface area contributed by atoms with Crippen LogP contribution in [0, 0.1) is 0 Å². The van der Waals surface area contributed by atoms with Gasteiger partial charge in [-0.2, -0.15) is 6.20 Å². The molecule has 3 heteroatoms. The molecule has 0 aliphatic carbocycles. The summed E-state index contributed by atoms with van der Waals surface area (Å²) in [7, 11) is 0. The average molecular weight is 338 g/mol. The maximum absolute atomic E-state index is 10.5. The smallest absolute Gasteiger partial charge is 0.0778 e.